The molecule has 0 heterocycles. The number of hydrogen-bond acceptors (Lipinski definition) is 10. The minimum absolute atomic E-state index is 0.0160. The highest BCUT2D eigenvalue weighted by molar-refractivity contribution is 8.00. The Balaban J connectivity index is 2.93. The first-order chi connectivity index (χ1) is 27.6. The molecule has 0 spiro atoms. The summed E-state index contributed by atoms with van der Waals surface area (Å²) in [4.78, 5) is 89.9. The summed E-state index contributed by atoms with van der Waals surface area (Å²) < 4.78 is 0. The third-order valence-electron chi connectivity index (χ3n) is 10.6. The van der Waals surface area contributed by atoms with E-state index in [9.17, 15) is 38.7 Å². The van der Waals surface area contributed by atoms with Crippen LogP contribution < -0.4 is 32.3 Å². The predicted octanol–water partition coefficient (Wildman–Crippen LogP) is 3.73. The molecule has 15 nitrogen and oxygen atoms in total. The number of carbonyl (C=O) groups excluding carboxylic acids is 6. The summed E-state index contributed by atoms with van der Waals surface area (Å²) in [5.41, 5.74) is 5.69. The fourth-order valence-electron chi connectivity index (χ4n) is 7.10. The molecule has 1 rings (SSSR count). The minimum atomic E-state index is -1.47. The van der Waals surface area contributed by atoms with Crippen LogP contribution in [0.3, 0.4) is 0 Å². The first-order valence-electron chi connectivity index (χ1n) is 21.7. The first kappa shape index (κ1) is 52.8. The van der Waals surface area contributed by atoms with Gasteiger partial charge in [0, 0.05) is 24.6 Å². The van der Waals surface area contributed by atoms with Gasteiger partial charge in [0.15, 0.2) is 0 Å². The molecule has 1 fully saturated rings. The van der Waals surface area contributed by atoms with Gasteiger partial charge >= 0.3 is 5.97 Å². The zero-order valence-corrected chi connectivity index (χ0v) is 36.7. The Morgan fingerprint density at radius 1 is 0.672 bits per heavy atom. The van der Waals surface area contributed by atoms with Crippen molar-refractivity contribution in [1.29, 1.82) is 0 Å². The molecule has 0 radical (unpaired) electrons. The third-order valence-corrected chi connectivity index (χ3v) is 11.8. The van der Waals surface area contributed by atoms with Gasteiger partial charge in [-0.15, -0.1) is 0 Å². The number of thioether (sulfide) groups is 1. The number of carboxylic acid groups (broad SMARTS) is 1. The van der Waals surface area contributed by atoms with Gasteiger partial charge in [-0.05, 0) is 70.8 Å². The lowest BCUT2D eigenvalue weighted by Crippen LogP contribution is -2.61. The van der Waals surface area contributed by atoms with E-state index < -0.39 is 54.0 Å². The highest BCUT2D eigenvalue weighted by Crippen LogP contribution is 2.29. The molecule has 0 bridgehead atoms. The van der Waals surface area contributed by atoms with Crippen LogP contribution >= 0.6 is 11.8 Å². The molecule has 6 atom stereocenters. The second-order valence-corrected chi connectivity index (χ2v) is 17.5. The summed E-state index contributed by atoms with van der Waals surface area (Å²) in [6.07, 6.45) is 14.1. The Labute approximate surface area is 351 Å². The van der Waals surface area contributed by atoms with Gasteiger partial charge in [0.05, 0.1) is 11.9 Å². The monoisotopic (exact) mass is 841 g/mol. The van der Waals surface area contributed by atoms with Crippen LogP contribution in [-0.4, -0.2) is 106 Å². The van der Waals surface area contributed by atoms with Crippen molar-refractivity contribution in [3.63, 3.8) is 0 Å². The summed E-state index contributed by atoms with van der Waals surface area (Å²) >= 11 is 1.13. The standard InChI is InChI=1S/C42H76N6O9S/c1-28(2)36(47-38(53)29(3)25-32-19-13-12-14-20-32)41(56)48-37(31(5)50)42(57)46-34(27-58-26-30(4)49)40(55)45-33(21-16-17-23-43)39(54)44-24-18-11-9-7-6-8-10-15-22-35(51)52/h28-29,31-34,36-37,50H,6-27,43H2,1-5H3,(H,44,54)(H,45,55)(H,46,57)(H,47,53)(H,48,56)(H,51,52)/t29-,31+,33-,34-,36-,37-/m0/s1. The Bertz CT molecular complexity index is 1260. The number of aliphatic carboxylic acids is 1. The molecule has 1 aliphatic carbocycles. The van der Waals surface area contributed by atoms with Crippen LogP contribution in [0.15, 0.2) is 0 Å². The number of ketones is 1. The van der Waals surface area contributed by atoms with E-state index in [1.807, 2.05) is 6.92 Å². The van der Waals surface area contributed by atoms with Crippen molar-refractivity contribution >= 4 is 53.1 Å². The average molecular weight is 841 g/mol. The van der Waals surface area contributed by atoms with Gasteiger partial charge in [0.1, 0.15) is 30.0 Å². The minimum Gasteiger partial charge on any atom is -0.481 e. The zero-order chi connectivity index (χ0) is 43.5. The number of aliphatic hydroxyl groups excluding tert-OH is 1. The Kier molecular flexibility index (Phi) is 28.0. The van der Waals surface area contributed by atoms with Gasteiger partial charge in [0.2, 0.25) is 29.5 Å². The van der Waals surface area contributed by atoms with Crippen LogP contribution in [0.5, 0.6) is 0 Å². The van der Waals surface area contributed by atoms with Gasteiger partial charge < -0.3 is 42.5 Å². The van der Waals surface area contributed by atoms with Gasteiger partial charge in [0.25, 0.3) is 0 Å². The van der Waals surface area contributed by atoms with E-state index in [0.29, 0.717) is 44.7 Å². The maximum absolute atomic E-state index is 13.8. The van der Waals surface area contributed by atoms with Crippen LogP contribution in [-0.2, 0) is 33.6 Å². The van der Waals surface area contributed by atoms with Crippen molar-refractivity contribution in [2.24, 2.45) is 23.5 Å². The summed E-state index contributed by atoms with van der Waals surface area (Å²) in [5.74, 6) is -3.75. The number of nitrogens with two attached hydrogens (primary N) is 1. The number of amides is 5. The number of aliphatic hydroxyl groups is 1. The van der Waals surface area contributed by atoms with E-state index in [4.69, 9.17) is 10.8 Å². The molecule has 0 unspecified atom stereocenters. The first-order valence-corrected chi connectivity index (χ1v) is 22.9. The lowest BCUT2D eigenvalue weighted by molar-refractivity contribution is -0.137. The van der Waals surface area contributed by atoms with E-state index in [-0.39, 0.29) is 47.4 Å². The maximum atomic E-state index is 13.8. The Morgan fingerprint density at radius 3 is 1.81 bits per heavy atom. The lowest BCUT2D eigenvalue weighted by atomic mass is 9.83. The molecule has 0 aromatic rings. The van der Waals surface area contributed by atoms with Gasteiger partial charge in [-0.2, -0.15) is 11.8 Å². The van der Waals surface area contributed by atoms with E-state index >= 15 is 0 Å². The zero-order valence-electron chi connectivity index (χ0n) is 35.9. The van der Waals surface area contributed by atoms with E-state index in [1.54, 1.807) is 13.8 Å². The molecule has 9 N–H and O–H groups in total. The molecule has 0 saturated heterocycles. The van der Waals surface area contributed by atoms with Crippen molar-refractivity contribution in [3.05, 3.63) is 0 Å². The smallest absolute Gasteiger partial charge is 0.303 e. The molecule has 0 aromatic heterocycles. The van der Waals surface area contributed by atoms with Crippen LogP contribution in [0.2, 0.25) is 0 Å². The van der Waals surface area contributed by atoms with E-state index in [2.05, 4.69) is 26.6 Å². The molecule has 0 aromatic carbocycles. The summed E-state index contributed by atoms with van der Waals surface area (Å²) in [6, 6.07) is -4.58. The summed E-state index contributed by atoms with van der Waals surface area (Å²) in [7, 11) is 0. The predicted molar refractivity (Wildman–Crippen MR) is 228 cm³/mol. The number of carboxylic acids is 1. The van der Waals surface area contributed by atoms with Gasteiger partial charge in [-0.25, -0.2) is 0 Å². The van der Waals surface area contributed by atoms with Crippen LogP contribution in [0.1, 0.15) is 150 Å². The number of hydrogen-bond donors (Lipinski definition) is 8. The number of rotatable bonds is 32. The van der Waals surface area contributed by atoms with Crippen molar-refractivity contribution in [1.82, 2.24) is 26.6 Å². The second kappa shape index (κ2) is 30.8. The Hall–Kier alpha value is -3.24. The second-order valence-electron chi connectivity index (χ2n) is 16.5. The number of Topliss-reactive ketones (excluding diaryl/α,β-unsaturated/α-hetero) is 1. The quantitative estimate of drug-likeness (QED) is 0.0454. The topological polar surface area (TPSA) is 246 Å². The van der Waals surface area contributed by atoms with Crippen LogP contribution in [0.4, 0.5) is 0 Å². The highest BCUT2D eigenvalue weighted by Gasteiger charge is 2.35. The molecule has 334 valence electrons. The molecular formula is C42H76N6O9S. The van der Waals surface area contributed by atoms with Crippen molar-refractivity contribution < 1.29 is 43.8 Å². The number of unbranched alkanes of at least 4 members (excludes halogenated alkanes) is 8. The lowest BCUT2D eigenvalue weighted by Gasteiger charge is -2.29. The Morgan fingerprint density at radius 2 is 1.24 bits per heavy atom. The molecule has 1 saturated carbocycles. The van der Waals surface area contributed by atoms with E-state index in [0.717, 1.165) is 88.8 Å². The average Bonchev–Trinajstić information content (AvgIpc) is 3.16. The fourth-order valence-corrected chi connectivity index (χ4v) is 7.98. The number of carbonyl (C=O) groups is 7. The van der Waals surface area contributed by atoms with Gasteiger partial charge in [-0.3, -0.25) is 33.6 Å². The molecule has 16 heteroatoms. The van der Waals surface area contributed by atoms with Crippen LogP contribution in [0, 0.1) is 17.8 Å². The largest absolute Gasteiger partial charge is 0.481 e. The summed E-state index contributed by atoms with van der Waals surface area (Å²) in [5, 5.41) is 33.2. The third kappa shape index (κ3) is 23.4. The normalized spacial score (nSPS) is 16.3. The molecule has 58 heavy (non-hydrogen) atoms. The highest BCUT2D eigenvalue weighted by atomic mass is 32.2. The van der Waals surface area contributed by atoms with Gasteiger partial charge in [-0.1, -0.05) is 91.4 Å². The molecule has 1 aliphatic rings. The molecule has 5 amide bonds. The van der Waals surface area contributed by atoms with Crippen LogP contribution in [0.25, 0.3) is 0 Å². The fraction of sp³-hybridized carbons (Fsp3) is 0.833. The molecular weight excluding hydrogens is 765 g/mol. The van der Waals surface area contributed by atoms with Crippen molar-refractivity contribution in [3.8, 4) is 0 Å². The van der Waals surface area contributed by atoms with Crippen molar-refractivity contribution in [2.45, 2.75) is 180 Å². The summed E-state index contributed by atoms with van der Waals surface area (Å²) in [6.45, 7) is 8.98. The molecule has 0 aliphatic heterocycles. The SMILES string of the molecule is CC(=O)CSC[C@H](NC(=O)[C@@H](NC(=O)[C@@H](NC(=O)[C@@H](C)CC1CCCCC1)C(C)C)[C@@H](C)O)C(=O)N[C@@H](CCCCN)C(=O)NCCCCCCCCCCC(=O)O. The maximum Gasteiger partial charge on any atom is 0.303 e. The number of nitrogens with one attached hydrogen (secondary N) is 5. The van der Waals surface area contributed by atoms with Crippen molar-refractivity contribution in [2.75, 3.05) is 24.6 Å². The van der Waals surface area contributed by atoms with E-state index in [1.165, 1.54) is 20.3 Å².